The molecule has 0 aliphatic carbocycles. The summed E-state index contributed by atoms with van der Waals surface area (Å²) in [5, 5.41) is 3.23. The summed E-state index contributed by atoms with van der Waals surface area (Å²) in [5.74, 6) is -0.501. The van der Waals surface area contributed by atoms with E-state index in [-0.39, 0.29) is 0 Å². The normalized spacial score (nSPS) is 10.5. The summed E-state index contributed by atoms with van der Waals surface area (Å²) in [4.78, 5) is 13.2. The Balaban J connectivity index is 2.54. The number of carbonyl (C=O) groups excluding carboxylic acids is 1. The molecule has 5 heteroatoms. The van der Waals surface area contributed by atoms with Crippen LogP contribution in [0.5, 0.6) is 0 Å². The predicted molar refractivity (Wildman–Crippen MR) is 71.0 cm³/mol. The molecule has 5 N–H and O–H groups in total. The van der Waals surface area contributed by atoms with Crippen LogP contribution in [-0.4, -0.2) is 38.0 Å². The minimum atomic E-state index is -0.501. The number of rotatable bonds is 6. The summed E-state index contributed by atoms with van der Waals surface area (Å²) in [5.41, 5.74) is 12.5. The number of amides is 1. The summed E-state index contributed by atoms with van der Waals surface area (Å²) in [6, 6.07) is 5.22. The topological polar surface area (TPSA) is 84.4 Å². The maximum absolute atomic E-state index is 11.1. The molecule has 0 aromatic heterocycles. The molecule has 0 unspecified atom stereocenters. The van der Waals surface area contributed by atoms with Crippen LogP contribution in [0.3, 0.4) is 0 Å². The van der Waals surface area contributed by atoms with Crippen molar-refractivity contribution in [2.75, 3.05) is 38.2 Å². The molecule has 0 radical (unpaired) electrons. The van der Waals surface area contributed by atoms with E-state index in [0.29, 0.717) is 11.3 Å². The van der Waals surface area contributed by atoms with Crippen molar-refractivity contribution in [3.8, 4) is 0 Å². The van der Waals surface area contributed by atoms with Gasteiger partial charge in [-0.3, -0.25) is 4.79 Å². The number of primary amides is 1. The molecular formula is C12H20N4O. The molecule has 0 aliphatic heterocycles. The van der Waals surface area contributed by atoms with E-state index in [9.17, 15) is 4.79 Å². The predicted octanol–water partition coefficient (Wildman–Crippen LogP) is 0.731. The quantitative estimate of drug-likeness (QED) is 0.502. The molecule has 0 atom stereocenters. The Hall–Kier alpha value is -1.75. The number of nitrogens with two attached hydrogens (primary N) is 2. The first-order valence-electron chi connectivity index (χ1n) is 5.58. The molecule has 1 aromatic carbocycles. The fourth-order valence-corrected chi connectivity index (χ4v) is 1.51. The lowest BCUT2D eigenvalue weighted by Crippen LogP contribution is -2.17. The molecule has 94 valence electrons. The molecule has 1 aromatic rings. The van der Waals surface area contributed by atoms with Crippen LogP contribution in [0.4, 0.5) is 11.4 Å². The number of anilines is 2. The Bertz CT molecular complexity index is 390. The van der Waals surface area contributed by atoms with Crippen LogP contribution in [0.2, 0.25) is 0 Å². The van der Waals surface area contributed by atoms with Crippen LogP contribution in [-0.2, 0) is 0 Å². The van der Waals surface area contributed by atoms with Gasteiger partial charge in [0.1, 0.15) is 0 Å². The Kier molecular flexibility index (Phi) is 4.78. The first-order valence-corrected chi connectivity index (χ1v) is 5.58. The van der Waals surface area contributed by atoms with E-state index in [1.165, 1.54) is 0 Å². The molecule has 17 heavy (non-hydrogen) atoms. The van der Waals surface area contributed by atoms with Gasteiger partial charge in [-0.05, 0) is 45.3 Å². The van der Waals surface area contributed by atoms with Crippen molar-refractivity contribution in [2.45, 2.75) is 6.42 Å². The van der Waals surface area contributed by atoms with Crippen LogP contribution in [0.15, 0.2) is 18.2 Å². The summed E-state index contributed by atoms with van der Waals surface area (Å²) in [7, 11) is 4.07. The number of hydrogen-bond donors (Lipinski definition) is 3. The highest BCUT2D eigenvalue weighted by atomic mass is 16.1. The molecule has 0 aliphatic rings. The van der Waals surface area contributed by atoms with Crippen molar-refractivity contribution >= 4 is 17.3 Å². The molecule has 0 saturated carbocycles. The van der Waals surface area contributed by atoms with Crippen molar-refractivity contribution in [1.29, 1.82) is 0 Å². The van der Waals surface area contributed by atoms with Crippen LogP contribution in [0.25, 0.3) is 0 Å². The Morgan fingerprint density at radius 1 is 1.41 bits per heavy atom. The molecule has 0 heterocycles. The second-order valence-electron chi connectivity index (χ2n) is 4.25. The lowest BCUT2D eigenvalue weighted by molar-refractivity contribution is 0.100. The second kappa shape index (κ2) is 6.10. The lowest BCUT2D eigenvalue weighted by atomic mass is 10.1. The Morgan fingerprint density at radius 3 is 2.71 bits per heavy atom. The van der Waals surface area contributed by atoms with Gasteiger partial charge in [-0.25, -0.2) is 0 Å². The summed E-state index contributed by atoms with van der Waals surface area (Å²) in [6.07, 6.45) is 1.03. The van der Waals surface area contributed by atoms with Crippen LogP contribution >= 0.6 is 0 Å². The number of benzene rings is 1. The Morgan fingerprint density at radius 2 is 2.12 bits per heavy atom. The average Bonchev–Trinajstić information content (AvgIpc) is 2.25. The molecule has 0 spiro atoms. The minimum Gasteiger partial charge on any atom is -0.398 e. The van der Waals surface area contributed by atoms with Crippen molar-refractivity contribution in [3.05, 3.63) is 23.8 Å². The Labute approximate surface area is 102 Å². The molecule has 0 bridgehead atoms. The first-order chi connectivity index (χ1) is 8.00. The largest absolute Gasteiger partial charge is 0.398 e. The summed E-state index contributed by atoms with van der Waals surface area (Å²) < 4.78 is 0. The van der Waals surface area contributed by atoms with Crippen molar-refractivity contribution in [1.82, 2.24) is 4.90 Å². The third-order valence-electron chi connectivity index (χ3n) is 2.43. The van der Waals surface area contributed by atoms with Crippen LogP contribution < -0.4 is 16.8 Å². The fraction of sp³-hybridized carbons (Fsp3) is 0.417. The van der Waals surface area contributed by atoms with Gasteiger partial charge >= 0.3 is 0 Å². The minimum absolute atomic E-state index is 0.364. The molecule has 1 rings (SSSR count). The highest BCUT2D eigenvalue weighted by molar-refractivity contribution is 5.98. The molecule has 5 nitrogen and oxygen atoms in total. The van der Waals surface area contributed by atoms with Gasteiger partial charge in [0, 0.05) is 17.9 Å². The van der Waals surface area contributed by atoms with E-state index < -0.39 is 5.91 Å². The second-order valence-corrected chi connectivity index (χ2v) is 4.25. The van der Waals surface area contributed by atoms with Crippen LogP contribution in [0.1, 0.15) is 16.8 Å². The van der Waals surface area contributed by atoms with Gasteiger partial charge in [-0.2, -0.15) is 0 Å². The SMILES string of the molecule is CN(C)CCCNc1ccc(N)c(C(N)=O)c1. The van der Waals surface area contributed by atoms with E-state index in [1.54, 1.807) is 12.1 Å². The van der Waals surface area contributed by atoms with Gasteiger partial charge in [0.05, 0.1) is 5.56 Å². The highest BCUT2D eigenvalue weighted by Crippen LogP contribution is 2.17. The molecule has 0 saturated heterocycles. The van der Waals surface area contributed by atoms with E-state index in [0.717, 1.165) is 25.2 Å². The van der Waals surface area contributed by atoms with E-state index in [2.05, 4.69) is 10.2 Å². The van der Waals surface area contributed by atoms with Gasteiger partial charge in [0.25, 0.3) is 5.91 Å². The summed E-state index contributed by atoms with van der Waals surface area (Å²) >= 11 is 0. The van der Waals surface area contributed by atoms with E-state index in [4.69, 9.17) is 11.5 Å². The fourth-order valence-electron chi connectivity index (χ4n) is 1.51. The van der Waals surface area contributed by atoms with Crippen molar-refractivity contribution in [3.63, 3.8) is 0 Å². The van der Waals surface area contributed by atoms with Gasteiger partial charge in [0.15, 0.2) is 0 Å². The summed E-state index contributed by atoms with van der Waals surface area (Å²) in [6.45, 7) is 1.87. The zero-order valence-corrected chi connectivity index (χ0v) is 10.4. The number of hydrogen-bond acceptors (Lipinski definition) is 4. The number of nitrogens with one attached hydrogen (secondary N) is 1. The standard InChI is InChI=1S/C12H20N4O/c1-16(2)7-3-6-15-9-4-5-11(13)10(8-9)12(14)17/h4-5,8,15H,3,6-7,13H2,1-2H3,(H2,14,17). The molecule has 1 amide bonds. The first kappa shape index (κ1) is 13.3. The zero-order chi connectivity index (χ0) is 12.8. The zero-order valence-electron chi connectivity index (χ0n) is 10.4. The third-order valence-corrected chi connectivity index (χ3v) is 2.43. The number of carbonyl (C=O) groups is 1. The maximum Gasteiger partial charge on any atom is 0.250 e. The van der Waals surface area contributed by atoms with Crippen molar-refractivity contribution in [2.24, 2.45) is 5.73 Å². The monoisotopic (exact) mass is 236 g/mol. The van der Waals surface area contributed by atoms with Gasteiger partial charge < -0.3 is 21.7 Å². The van der Waals surface area contributed by atoms with Crippen molar-refractivity contribution < 1.29 is 4.79 Å². The number of nitrogens with zero attached hydrogens (tertiary/aromatic N) is 1. The third kappa shape index (κ3) is 4.32. The van der Waals surface area contributed by atoms with Crippen LogP contribution in [0, 0.1) is 0 Å². The van der Waals surface area contributed by atoms with E-state index >= 15 is 0 Å². The van der Waals surface area contributed by atoms with E-state index in [1.807, 2.05) is 20.2 Å². The number of nitrogen functional groups attached to an aromatic ring is 1. The van der Waals surface area contributed by atoms with Gasteiger partial charge in [-0.1, -0.05) is 0 Å². The molecule has 0 fully saturated rings. The average molecular weight is 236 g/mol. The smallest absolute Gasteiger partial charge is 0.250 e. The van der Waals surface area contributed by atoms with Gasteiger partial charge in [0.2, 0.25) is 0 Å². The lowest BCUT2D eigenvalue weighted by Gasteiger charge is -2.11. The van der Waals surface area contributed by atoms with Gasteiger partial charge in [-0.15, -0.1) is 0 Å². The highest BCUT2D eigenvalue weighted by Gasteiger charge is 2.06. The maximum atomic E-state index is 11.1. The molecular weight excluding hydrogens is 216 g/mol.